The van der Waals surface area contributed by atoms with Crippen molar-refractivity contribution in [1.82, 2.24) is 19.9 Å². The summed E-state index contributed by atoms with van der Waals surface area (Å²) in [5.41, 5.74) is 4.82. The lowest BCUT2D eigenvalue weighted by Crippen LogP contribution is -2.34. The van der Waals surface area contributed by atoms with E-state index in [1.165, 1.54) is 37.1 Å². The van der Waals surface area contributed by atoms with Crippen LogP contribution in [0.3, 0.4) is 0 Å². The van der Waals surface area contributed by atoms with Crippen molar-refractivity contribution in [3.63, 3.8) is 0 Å². The fourth-order valence-electron chi connectivity index (χ4n) is 3.55. The van der Waals surface area contributed by atoms with Crippen LogP contribution in [0.5, 0.6) is 0 Å². The average molecular weight is 294 g/mol. The highest BCUT2D eigenvalue weighted by Gasteiger charge is 2.24. The number of pyridine rings is 1. The van der Waals surface area contributed by atoms with Crippen LogP contribution in [0, 0.1) is 5.92 Å². The summed E-state index contributed by atoms with van der Waals surface area (Å²) in [6.07, 6.45) is 11.8. The zero-order valence-corrected chi connectivity index (χ0v) is 12.9. The minimum absolute atomic E-state index is 0.937. The van der Waals surface area contributed by atoms with E-state index in [0.29, 0.717) is 0 Å². The Morgan fingerprint density at radius 2 is 1.86 bits per heavy atom. The van der Waals surface area contributed by atoms with Gasteiger partial charge in [-0.3, -0.25) is 4.98 Å². The molecule has 22 heavy (non-hydrogen) atoms. The molecule has 2 aliphatic rings. The highest BCUT2D eigenvalue weighted by molar-refractivity contribution is 5.63. The van der Waals surface area contributed by atoms with Crippen LogP contribution in [-0.2, 0) is 12.8 Å². The number of fused-ring (bicyclic) bond motifs is 1. The largest absolute Gasteiger partial charge is 0.302 e. The molecule has 4 nitrogen and oxygen atoms in total. The third kappa shape index (κ3) is 2.75. The Morgan fingerprint density at radius 3 is 2.64 bits per heavy atom. The summed E-state index contributed by atoms with van der Waals surface area (Å²) in [5, 5.41) is 0. The molecule has 1 saturated carbocycles. The lowest BCUT2D eigenvalue weighted by molar-refractivity contribution is 0.183. The van der Waals surface area contributed by atoms with Gasteiger partial charge in [0.1, 0.15) is 6.33 Å². The molecular weight excluding hydrogens is 272 g/mol. The van der Waals surface area contributed by atoms with Crippen molar-refractivity contribution in [2.45, 2.75) is 32.1 Å². The molecular formula is C18H22N4. The van der Waals surface area contributed by atoms with Gasteiger partial charge < -0.3 is 4.90 Å². The quantitative estimate of drug-likeness (QED) is 0.873. The van der Waals surface area contributed by atoms with Gasteiger partial charge in [-0.2, -0.15) is 0 Å². The van der Waals surface area contributed by atoms with Crippen molar-refractivity contribution in [2.75, 3.05) is 19.6 Å². The molecule has 114 valence electrons. The smallest absolute Gasteiger partial charge is 0.116 e. The molecule has 2 aromatic rings. The summed E-state index contributed by atoms with van der Waals surface area (Å²) in [5.74, 6) is 0.937. The van der Waals surface area contributed by atoms with Crippen LogP contribution in [0.1, 0.15) is 30.5 Å². The van der Waals surface area contributed by atoms with Gasteiger partial charge in [0, 0.05) is 55.3 Å². The number of nitrogens with zero attached hydrogens (tertiary/aromatic N) is 4. The first kappa shape index (κ1) is 13.8. The van der Waals surface area contributed by atoms with Crippen LogP contribution in [0.15, 0.2) is 30.9 Å². The molecule has 0 amide bonds. The first-order valence-corrected chi connectivity index (χ1v) is 8.35. The fraction of sp³-hybridized carbons (Fsp3) is 0.500. The Morgan fingerprint density at radius 1 is 1.05 bits per heavy atom. The maximum atomic E-state index is 4.56. The predicted octanol–water partition coefficient (Wildman–Crippen LogP) is 2.74. The molecule has 2 aromatic heterocycles. The van der Waals surface area contributed by atoms with Gasteiger partial charge in [0.2, 0.25) is 0 Å². The van der Waals surface area contributed by atoms with Gasteiger partial charge >= 0.3 is 0 Å². The van der Waals surface area contributed by atoms with Crippen molar-refractivity contribution in [3.8, 4) is 11.3 Å². The summed E-state index contributed by atoms with van der Waals surface area (Å²) in [4.78, 5) is 15.9. The monoisotopic (exact) mass is 294 g/mol. The normalized spacial score (nSPS) is 19.3. The second-order valence-electron chi connectivity index (χ2n) is 6.48. The maximum Gasteiger partial charge on any atom is 0.116 e. The van der Waals surface area contributed by atoms with Crippen LogP contribution in [0.4, 0.5) is 0 Å². The van der Waals surface area contributed by atoms with E-state index in [-0.39, 0.29) is 0 Å². The predicted molar refractivity (Wildman–Crippen MR) is 86.5 cm³/mol. The van der Waals surface area contributed by atoms with Gasteiger partial charge in [0.05, 0.1) is 5.69 Å². The summed E-state index contributed by atoms with van der Waals surface area (Å²) in [6, 6.07) is 4.08. The molecule has 1 aliphatic heterocycles. The van der Waals surface area contributed by atoms with Crippen LogP contribution in [0.2, 0.25) is 0 Å². The van der Waals surface area contributed by atoms with Crippen LogP contribution in [-0.4, -0.2) is 39.5 Å². The minimum Gasteiger partial charge on any atom is -0.302 e. The van der Waals surface area contributed by atoms with E-state index in [2.05, 4.69) is 19.9 Å². The van der Waals surface area contributed by atoms with E-state index in [1.54, 1.807) is 6.33 Å². The Kier molecular flexibility index (Phi) is 3.85. The molecule has 1 aliphatic carbocycles. The lowest BCUT2D eigenvalue weighted by atomic mass is 9.85. The first-order chi connectivity index (χ1) is 10.9. The molecule has 0 saturated heterocycles. The maximum absolute atomic E-state index is 4.56. The molecule has 0 radical (unpaired) electrons. The van der Waals surface area contributed by atoms with Crippen LogP contribution >= 0.6 is 0 Å². The van der Waals surface area contributed by atoms with Crippen LogP contribution in [0.25, 0.3) is 11.3 Å². The highest BCUT2D eigenvalue weighted by Crippen LogP contribution is 2.29. The lowest BCUT2D eigenvalue weighted by Gasteiger charge is -2.31. The van der Waals surface area contributed by atoms with E-state index in [1.807, 2.05) is 24.5 Å². The minimum atomic E-state index is 0.937. The van der Waals surface area contributed by atoms with E-state index < -0.39 is 0 Å². The molecule has 0 spiro atoms. The topological polar surface area (TPSA) is 41.9 Å². The van der Waals surface area contributed by atoms with Crippen LogP contribution < -0.4 is 0 Å². The summed E-state index contributed by atoms with van der Waals surface area (Å²) in [6.45, 7) is 3.54. The van der Waals surface area contributed by atoms with Gasteiger partial charge in [-0.25, -0.2) is 9.97 Å². The van der Waals surface area contributed by atoms with E-state index >= 15 is 0 Å². The first-order valence-electron chi connectivity index (χ1n) is 8.35. The Hall–Kier alpha value is -1.81. The van der Waals surface area contributed by atoms with Gasteiger partial charge in [0.25, 0.3) is 0 Å². The number of aromatic nitrogens is 3. The zero-order valence-electron chi connectivity index (χ0n) is 12.9. The SMILES string of the molecule is c1cc(-c2ncnc3c2CCN(CC2CCC2)CC3)ccn1. The van der Waals surface area contributed by atoms with Gasteiger partial charge in [0.15, 0.2) is 0 Å². The Bertz CT molecular complexity index is 637. The third-order valence-electron chi connectivity index (χ3n) is 5.07. The molecule has 0 unspecified atom stereocenters. The van der Waals surface area contributed by atoms with Crippen molar-refractivity contribution >= 4 is 0 Å². The molecule has 0 atom stereocenters. The molecule has 0 aromatic carbocycles. The highest BCUT2D eigenvalue weighted by atomic mass is 15.1. The zero-order chi connectivity index (χ0) is 14.8. The standard InChI is InChI=1S/C18H22N4/c1-2-14(3-1)12-22-10-6-16-17(7-11-22)20-13-21-18(16)15-4-8-19-9-5-15/h4-5,8-9,13-14H,1-3,6-7,10-12H2. The van der Waals surface area contributed by atoms with Gasteiger partial charge in [-0.1, -0.05) is 6.42 Å². The van der Waals surface area contributed by atoms with Gasteiger partial charge in [-0.05, 0) is 37.3 Å². The van der Waals surface area contributed by atoms with E-state index in [9.17, 15) is 0 Å². The van der Waals surface area contributed by atoms with Crippen molar-refractivity contribution in [1.29, 1.82) is 0 Å². The molecule has 0 N–H and O–H groups in total. The second kappa shape index (κ2) is 6.13. The summed E-state index contributed by atoms with van der Waals surface area (Å²) >= 11 is 0. The molecule has 4 rings (SSSR count). The second-order valence-corrected chi connectivity index (χ2v) is 6.48. The number of hydrogen-bond acceptors (Lipinski definition) is 4. The van der Waals surface area contributed by atoms with E-state index in [0.717, 1.165) is 43.1 Å². The molecule has 3 heterocycles. The Balaban J connectivity index is 1.57. The van der Waals surface area contributed by atoms with E-state index in [4.69, 9.17) is 0 Å². The molecule has 1 fully saturated rings. The molecule has 0 bridgehead atoms. The summed E-state index contributed by atoms with van der Waals surface area (Å²) < 4.78 is 0. The summed E-state index contributed by atoms with van der Waals surface area (Å²) in [7, 11) is 0. The van der Waals surface area contributed by atoms with Crippen molar-refractivity contribution < 1.29 is 0 Å². The number of hydrogen-bond donors (Lipinski definition) is 0. The third-order valence-corrected chi connectivity index (χ3v) is 5.07. The van der Waals surface area contributed by atoms with Crippen molar-refractivity contribution in [2.24, 2.45) is 5.92 Å². The van der Waals surface area contributed by atoms with Crippen molar-refractivity contribution in [3.05, 3.63) is 42.1 Å². The van der Waals surface area contributed by atoms with Gasteiger partial charge in [-0.15, -0.1) is 0 Å². The number of rotatable bonds is 3. The molecule has 4 heteroatoms. The average Bonchev–Trinajstić information content (AvgIpc) is 2.74. The fourth-order valence-corrected chi connectivity index (χ4v) is 3.55. The Labute approximate surface area is 131 Å².